The maximum Gasteiger partial charge on any atom is 0.178 e. The van der Waals surface area contributed by atoms with Crippen LogP contribution in [0.5, 0.6) is 0 Å². The van der Waals surface area contributed by atoms with E-state index in [0.29, 0.717) is 61.7 Å². The third-order valence-corrected chi connectivity index (χ3v) is 13.6. The fourth-order valence-corrected chi connectivity index (χ4v) is 10.4. The number of tetrazole rings is 3. The number of rotatable bonds is 22. The number of hydrogen-bond donors (Lipinski definition) is 11. The molecular formula is C54H82N18O4. The molecule has 1 aliphatic rings. The normalized spacial score (nSPS) is 16.1. The van der Waals surface area contributed by atoms with Gasteiger partial charge in [-0.1, -0.05) is 134 Å². The van der Waals surface area contributed by atoms with Crippen LogP contribution in [-0.2, 0) is 19.3 Å². The zero-order chi connectivity index (χ0) is 55.6. The molecular weight excluding hydrogens is 965 g/mol. The lowest BCUT2D eigenvalue weighted by atomic mass is 9.70. The predicted molar refractivity (Wildman–Crippen MR) is 294 cm³/mol. The van der Waals surface area contributed by atoms with E-state index < -0.39 is 0 Å². The van der Waals surface area contributed by atoms with Crippen LogP contribution in [0.2, 0.25) is 0 Å². The molecule has 22 heteroatoms. The van der Waals surface area contributed by atoms with Crippen molar-refractivity contribution in [3.05, 3.63) is 138 Å². The van der Waals surface area contributed by atoms with Crippen molar-refractivity contribution in [2.75, 3.05) is 50.0 Å². The van der Waals surface area contributed by atoms with Crippen LogP contribution >= 0.6 is 0 Å². The van der Waals surface area contributed by atoms with Gasteiger partial charge in [-0.05, 0) is 88.8 Å². The van der Waals surface area contributed by atoms with Crippen LogP contribution in [0, 0.1) is 34.0 Å². The van der Waals surface area contributed by atoms with Gasteiger partial charge in [-0.2, -0.15) is 15.6 Å². The fourth-order valence-electron chi connectivity index (χ4n) is 10.4. The Hall–Kier alpha value is -7.17. The molecule has 1 saturated heterocycles. The highest BCUT2D eigenvalue weighted by Gasteiger charge is 2.40. The molecule has 0 saturated carbocycles. The highest BCUT2D eigenvalue weighted by atomic mass is 16.3. The van der Waals surface area contributed by atoms with Gasteiger partial charge in [0.1, 0.15) is 11.6 Å². The Labute approximate surface area is 446 Å². The Morgan fingerprint density at radius 1 is 0.592 bits per heavy atom. The van der Waals surface area contributed by atoms with Gasteiger partial charge in [-0.25, -0.2) is 9.97 Å². The number of allylic oxidation sites excluding steroid dienone is 3. The molecule has 12 N–H and O–H groups in total. The molecule has 76 heavy (non-hydrogen) atoms. The molecule has 7 atom stereocenters. The SMILES string of the molecule is C=C(O)[C@H]([C@H](Cc1ccc(C2CCNC2)cc1)c1nn[nH]n1)C(C)(C)C.C=C(O)[C@H]([C@H](Cc1ccc(NCCN)nc1)c1nn[nH]n1)C(C)(C)C.C=C(O)[C@H]([C@H](Cc1ccc(NCCO)nc1)c1nn[nH]n1)C(C)(C)C. The minimum absolute atomic E-state index is 0.0508. The first kappa shape index (κ1) is 59.7. The first-order valence-corrected chi connectivity index (χ1v) is 25.8. The molecule has 6 aromatic rings. The summed E-state index contributed by atoms with van der Waals surface area (Å²) in [6.45, 7) is 33.9. The molecule has 1 fully saturated rings. The molecule has 0 spiro atoms. The minimum atomic E-state index is -0.239. The lowest BCUT2D eigenvalue weighted by molar-refractivity contribution is 0.167. The molecule has 0 radical (unpaired) electrons. The molecule has 1 unspecified atom stereocenters. The topological polar surface area (TPSA) is 332 Å². The Kier molecular flexibility index (Phi) is 21.7. The van der Waals surface area contributed by atoms with E-state index in [2.05, 4.69) is 173 Å². The zero-order valence-corrected chi connectivity index (χ0v) is 45.8. The second-order valence-electron chi connectivity index (χ2n) is 22.6. The van der Waals surface area contributed by atoms with Gasteiger partial charge in [0, 0.05) is 74.1 Å². The van der Waals surface area contributed by atoms with Gasteiger partial charge in [0.15, 0.2) is 17.5 Å². The van der Waals surface area contributed by atoms with Crippen LogP contribution in [0.3, 0.4) is 0 Å². The van der Waals surface area contributed by atoms with Gasteiger partial charge in [0.05, 0.1) is 23.9 Å². The lowest BCUT2D eigenvalue weighted by Crippen LogP contribution is -2.30. The van der Waals surface area contributed by atoms with E-state index in [9.17, 15) is 15.3 Å². The standard InChI is InChI=1S/C20H29N5O.C17H27N7O.C17H26N6O2/c1-13(26)18(20(2,3)4)17(19-22-24-25-23-19)11-14-5-7-15(8-6-14)16-9-10-21-12-16;1-11(25)15(17(2,3)4)13(16-21-23-24-22-16)9-12-5-6-14(20-10-12)19-8-7-18;1-11(25)15(17(2,3)4)13(16-20-22-23-21-16)9-12-5-6-14(19-10-12)18-7-8-24/h5-8,16-18,21,26H,1,9-12H2,2-4H3,(H,22,23,24,25);5-6,10,13,15,25H,1,7-9,18H2,2-4H3,(H,19,20)(H,21,22,23,24);5-6,10,13,15,24-25H,1,7-9H2,2-4H3,(H,18,19)(H,20,21,22,23)/t16?,17-,18+;2*13-,15+/m000/s1. The van der Waals surface area contributed by atoms with Crippen molar-refractivity contribution in [3.8, 4) is 0 Å². The average molecular weight is 1050 g/mol. The number of nitrogens with two attached hydrogens (primary N) is 1. The van der Waals surface area contributed by atoms with E-state index in [1.165, 1.54) is 17.5 Å². The van der Waals surface area contributed by atoms with Crippen molar-refractivity contribution in [2.45, 2.75) is 112 Å². The number of aliphatic hydroxyl groups is 4. The molecule has 5 aromatic heterocycles. The number of hydrogen-bond acceptors (Lipinski definition) is 19. The Balaban J connectivity index is 0.000000211. The molecule has 0 amide bonds. The minimum Gasteiger partial charge on any atom is -0.513 e. The van der Waals surface area contributed by atoms with Gasteiger partial charge in [0.2, 0.25) is 0 Å². The molecule has 1 aliphatic heterocycles. The van der Waals surface area contributed by atoms with E-state index in [0.717, 1.165) is 36.5 Å². The predicted octanol–water partition coefficient (Wildman–Crippen LogP) is 7.42. The summed E-state index contributed by atoms with van der Waals surface area (Å²) < 4.78 is 0. The van der Waals surface area contributed by atoms with Crippen LogP contribution in [0.4, 0.5) is 11.6 Å². The second-order valence-corrected chi connectivity index (χ2v) is 22.6. The summed E-state index contributed by atoms with van der Waals surface area (Å²) in [6.07, 6.45) is 6.71. The quantitative estimate of drug-likeness (QED) is 0.0295. The largest absolute Gasteiger partial charge is 0.513 e. The number of anilines is 2. The van der Waals surface area contributed by atoms with E-state index in [1.54, 1.807) is 6.20 Å². The molecule has 22 nitrogen and oxygen atoms in total. The first-order valence-electron chi connectivity index (χ1n) is 25.8. The van der Waals surface area contributed by atoms with Gasteiger partial charge in [-0.3, -0.25) is 0 Å². The zero-order valence-electron chi connectivity index (χ0n) is 45.8. The number of nitrogens with one attached hydrogen (secondary N) is 6. The Morgan fingerprint density at radius 3 is 1.26 bits per heavy atom. The van der Waals surface area contributed by atoms with E-state index >= 15 is 0 Å². The summed E-state index contributed by atoms with van der Waals surface area (Å²) in [5.41, 5.74) is 9.45. The van der Waals surface area contributed by atoms with E-state index in [-0.39, 0.29) is 75.6 Å². The van der Waals surface area contributed by atoms with Crippen LogP contribution in [0.25, 0.3) is 0 Å². The van der Waals surface area contributed by atoms with Crippen molar-refractivity contribution in [3.63, 3.8) is 0 Å². The fraction of sp³-hybridized carbons (Fsp3) is 0.537. The third kappa shape index (κ3) is 17.4. The molecule has 0 bridgehead atoms. The van der Waals surface area contributed by atoms with Crippen molar-refractivity contribution in [2.24, 2.45) is 39.7 Å². The first-order chi connectivity index (χ1) is 36.0. The number of aliphatic hydroxyl groups excluding tert-OH is 4. The van der Waals surface area contributed by atoms with Gasteiger partial charge in [-0.15, -0.1) is 30.6 Å². The summed E-state index contributed by atoms with van der Waals surface area (Å²) >= 11 is 0. The number of benzene rings is 1. The summed E-state index contributed by atoms with van der Waals surface area (Å²) in [5.74, 6) is 3.13. The highest BCUT2D eigenvalue weighted by molar-refractivity contribution is 5.37. The van der Waals surface area contributed by atoms with Gasteiger partial charge < -0.3 is 42.1 Å². The van der Waals surface area contributed by atoms with Gasteiger partial charge in [0.25, 0.3) is 0 Å². The summed E-state index contributed by atoms with van der Waals surface area (Å²) in [5, 5.41) is 92.6. The lowest BCUT2D eigenvalue weighted by Gasteiger charge is -2.35. The van der Waals surface area contributed by atoms with E-state index in [1.807, 2.05) is 51.2 Å². The molecule has 0 aliphatic carbocycles. The van der Waals surface area contributed by atoms with E-state index in [4.69, 9.17) is 10.8 Å². The monoisotopic (exact) mass is 1050 g/mol. The summed E-state index contributed by atoms with van der Waals surface area (Å²) in [6, 6.07) is 16.5. The Morgan fingerprint density at radius 2 is 0.974 bits per heavy atom. The average Bonchev–Trinajstić information content (AvgIpc) is 4.22. The van der Waals surface area contributed by atoms with Gasteiger partial charge >= 0.3 is 0 Å². The second kappa shape index (κ2) is 27.6. The number of nitrogens with zero attached hydrogens (tertiary/aromatic N) is 11. The maximum atomic E-state index is 10.3. The number of pyridine rings is 2. The van der Waals surface area contributed by atoms with Crippen molar-refractivity contribution in [1.82, 2.24) is 77.2 Å². The molecule has 6 heterocycles. The summed E-state index contributed by atoms with van der Waals surface area (Å²) in [4.78, 5) is 8.75. The molecule has 412 valence electrons. The summed E-state index contributed by atoms with van der Waals surface area (Å²) in [7, 11) is 0. The number of H-pyrrole nitrogens is 3. The highest BCUT2D eigenvalue weighted by Crippen LogP contribution is 2.44. The Bertz CT molecular complexity index is 2500. The molecule has 1 aromatic carbocycles. The van der Waals surface area contributed by atoms with Crippen LogP contribution in [-0.4, -0.2) is 132 Å². The van der Waals surface area contributed by atoms with Crippen LogP contribution in [0.1, 0.15) is 132 Å². The van der Waals surface area contributed by atoms with Crippen molar-refractivity contribution < 1.29 is 20.4 Å². The number of aromatic amines is 3. The van der Waals surface area contributed by atoms with Crippen molar-refractivity contribution in [1.29, 1.82) is 0 Å². The third-order valence-electron chi connectivity index (χ3n) is 13.6. The van der Waals surface area contributed by atoms with Crippen LogP contribution in [0.15, 0.2) is 97.9 Å². The maximum absolute atomic E-state index is 10.3. The van der Waals surface area contributed by atoms with Crippen LogP contribution < -0.4 is 21.7 Å². The smallest absolute Gasteiger partial charge is 0.178 e. The number of aromatic nitrogens is 14. The van der Waals surface area contributed by atoms with Crippen molar-refractivity contribution >= 4 is 11.6 Å². The molecule has 7 rings (SSSR count).